The average Bonchev–Trinajstić information content (AvgIpc) is 3.39. The van der Waals surface area contributed by atoms with Crippen molar-refractivity contribution < 1.29 is 9.13 Å². The molecule has 0 amide bonds. The van der Waals surface area contributed by atoms with Gasteiger partial charge in [-0.25, -0.2) is 9.37 Å². The van der Waals surface area contributed by atoms with Crippen molar-refractivity contribution in [2.75, 3.05) is 37.0 Å². The summed E-state index contributed by atoms with van der Waals surface area (Å²) in [7, 11) is 0. The molecule has 1 aromatic heterocycles. The quantitative estimate of drug-likeness (QED) is 0.395. The van der Waals surface area contributed by atoms with Crippen LogP contribution < -0.4 is 4.90 Å². The number of nitriles is 2. The molecular formula is C26H24FN5OS. The Kier molecular flexibility index (Phi) is 7.42. The van der Waals surface area contributed by atoms with Gasteiger partial charge in [0, 0.05) is 30.0 Å². The monoisotopic (exact) mass is 473 g/mol. The summed E-state index contributed by atoms with van der Waals surface area (Å²) in [6, 6.07) is 12.4. The van der Waals surface area contributed by atoms with Gasteiger partial charge in [0.25, 0.3) is 0 Å². The van der Waals surface area contributed by atoms with E-state index in [9.17, 15) is 14.9 Å². The van der Waals surface area contributed by atoms with Gasteiger partial charge in [0.2, 0.25) is 0 Å². The number of allylic oxidation sites excluding steroid dienone is 1. The van der Waals surface area contributed by atoms with Crippen LogP contribution in [0.3, 0.4) is 0 Å². The molecule has 0 saturated carbocycles. The Balaban J connectivity index is 1.81. The van der Waals surface area contributed by atoms with Gasteiger partial charge in [0.1, 0.15) is 34.7 Å². The SMILES string of the molecule is C=CN=C(C=C)CSc1nc(N2CC(F)C2)c(C#N)c(-c2ccc(C3CCOC3)cc2)c1C#N. The molecule has 0 radical (unpaired) electrons. The first-order valence-corrected chi connectivity index (χ1v) is 12.0. The fourth-order valence-corrected chi connectivity index (χ4v) is 5.03. The maximum absolute atomic E-state index is 13.7. The molecule has 172 valence electrons. The smallest absolute Gasteiger partial charge is 0.148 e. The number of anilines is 1. The lowest BCUT2D eigenvalue weighted by Gasteiger charge is -2.36. The third kappa shape index (κ3) is 4.75. The zero-order chi connectivity index (χ0) is 24.1. The first kappa shape index (κ1) is 23.7. The van der Waals surface area contributed by atoms with Crippen molar-refractivity contribution >= 4 is 23.3 Å². The van der Waals surface area contributed by atoms with E-state index in [1.54, 1.807) is 11.0 Å². The minimum absolute atomic E-state index is 0.174. The van der Waals surface area contributed by atoms with Crippen molar-refractivity contribution in [1.29, 1.82) is 10.5 Å². The van der Waals surface area contributed by atoms with E-state index >= 15 is 0 Å². The lowest BCUT2D eigenvalue weighted by atomic mass is 9.92. The zero-order valence-corrected chi connectivity index (χ0v) is 19.5. The highest BCUT2D eigenvalue weighted by atomic mass is 32.2. The van der Waals surface area contributed by atoms with E-state index in [0.29, 0.717) is 46.0 Å². The lowest BCUT2D eigenvalue weighted by molar-refractivity contribution is 0.194. The van der Waals surface area contributed by atoms with Crippen molar-refractivity contribution in [2.24, 2.45) is 4.99 Å². The molecule has 2 aliphatic rings. The average molecular weight is 474 g/mol. The molecular weight excluding hydrogens is 449 g/mol. The molecule has 34 heavy (non-hydrogen) atoms. The maximum atomic E-state index is 13.7. The van der Waals surface area contributed by atoms with E-state index in [2.05, 4.69) is 35.3 Å². The molecule has 2 saturated heterocycles. The van der Waals surface area contributed by atoms with Crippen molar-refractivity contribution in [3.05, 3.63) is 66.4 Å². The minimum atomic E-state index is -0.955. The number of aliphatic imine (C=N–C) groups is 1. The van der Waals surface area contributed by atoms with Gasteiger partial charge in [-0.1, -0.05) is 49.2 Å². The number of nitrogens with zero attached hydrogens (tertiary/aromatic N) is 5. The van der Waals surface area contributed by atoms with Crippen LogP contribution in [0, 0.1) is 22.7 Å². The van der Waals surface area contributed by atoms with Crippen LogP contribution in [0.25, 0.3) is 11.1 Å². The summed E-state index contributed by atoms with van der Waals surface area (Å²) < 4.78 is 19.2. The number of rotatable bonds is 8. The third-order valence-electron chi connectivity index (χ3n) is 5.96. The molecule has 0 N–H and O–H groups in total. The third-order valence-corrected chi connectivity index (χ3v) is 6.96. The van der Waals surface area contributed by atoms with Gasteiger partial charge < -0.3 is 9.64 Å². The van der Waals surface area contributed by atoms with Crippen molar-refractivity contribution in [3.8, 4) is 23.3 Å². The van der Waals surface area contributed by atoms with Gasteiger partial charge in [-0.15, -0.1) is 0 Å². The molecule has 3 heterocycles. The Morgan fingerprint density at radius 2 is 1.97 bits per heavy atom. The van der Waals surface area contributed by atoms with Gasteiger partial charge in [0.15, 0.2) is 0 Å². The van der Waals surface area contributed by atoms with Gasteiger partial charge in [-0.3, -0.25) is 4.99 Å². The summed E-state index contributed by atoms with van der Waals surface area (Å²) in [5, 5.41) is 20.7. The van der Waals surface area contributed by atoms with Crippen LogP contribution >= 0.6 is 11.8 Å². The van der Waals surface area contributed by atoms with Gasteiger partial charge >= 0.3 is 0 Å². The van der Waals surface area contributed by atoms with Gasteiger partial charge in [-0.2, -0.15) is 10.5 Å². The van der Waals surface area contributed by atoms with E-state index in [1.165, 1.54) is 23.5 Å². The zero-order valence-electron chi connectivity index (χ0n) is 18.7. The molecule has 1 aromatic carbocycles. The second-order valence-electron chi connectivity index (χ2n) is 8.07. The molecule has 2 aromatic rings. The molecule has 1 atom stereocenters. The van der Waals surface area contributed by atoms with Crippen LogP contribution in [0.5, 0.6) is 0 Å². The molecule has 1 unspecified atom stereocenters. The van der Waals surface area contributed by atoms with Gasteiger partial charge in [-0.05, 0) is 23.6 Å². The van der Waals surface area contributed by atoms with E-state index in [-0.39, 0.29) is 18.7 Å². The number of halogens is 1. The van der Waals surface area contributed by atoms with Crippen molar-refractivity contribution in [2.45, 2.75) is 23.5 Å². The van der Waals surface area contributed by atoms with Crippen LogP contribution in [-0.2, 0) is 4.74 Å². The Morgan fingerprint density at radius 3 is 2.53 bits per heavy atom. The number of hydrogen-bond acceptors (Lipinski definition) is 7. The van der Waals surface area contributed by atoms with Crippen LogP contribution in [0.2, 0.25) is 0 Å². The number of thioether (sulfide) groups is 1. The fourth-order valence-electron chi connectivity index (χ4n) is 4.11. The molecule has 0 bridgehead atoms. The summed E-state index contributed by atoms with van der Waals surface area (Å²) in [4.78, 5) is 10.6. The Morgan fingerprint density at radius 1 is 1.24 bits per heavy atom. The molecule has 8 heteroatoms. The van der Waals surface area contributed by atoms with Crippen LogP contribution in [-0.4, -0.2) is 48.9 Å². The number of ether oxygens (including phenoxy) is 1. The number of alkyl halides is 1. The van der Waals surface area contributed by atoms with E-state index < -0.39 is 6.17 Å². The highest BCUT2D eigenvalue weighted by Gasteiger charge is 2.32. The summed E-state index contributed by atoms with van der Waals surface area (Å²) in [5.41, 5.74) is 3.74. The molecule has 4 rings (SSSR count). The molecule has 2 aliphatic heterocycles. The van der Waals surface area contributed by atoms with Crippen molar-refractivity contribution in [1.82, 2.24) is 4.98 Å². The highest BCUT2D eigenvalue weighted by Crippen LogP contribution is 2.39. The fraction of sp³-hybridized carbons (Fsp3) is 0.308. The Labute approximate surface area is 203 Å². The van der Waals surface area contributed by atoms with Crippen LogP contribution in [0.4, 0.5) is 10.2 Å². The topological polar surface area (TPSA) is 85.3 Å². The first-order valence-electron chi connectivity index (χ1n) is 11.0. The predicted octanol–water partition coefficient (Wildman–Crippen LogP) is 5.02. The summed E-state index contributed by atoms with van der Waals surface area (Å²) in [6.07, 6.45) is 3.08. The Bertz CT molecular complexity index is 1200. The summed E-state index contributed by atoms with van der Waals surface area (Å²) in [5.74, 6) is 1.18. The lowest BCUT2D eigenvalue weighted by Crippen LogP contribution is -2.49. The highest BCUT2D eigenvalue weighted by molar-refractivity contribution is 8.00. The molecule has 0 aliphatic carbocycles. The largest absolute Gasteiger partial charge is 0.381 e. The van der Waals surface area contributed by atoms with E-state index in [0.717, 1.165) is 18.6 Å². The van der Waals surface area contributed by atoms with Crippen LogP contribution in [0.1, 0.15) is 29.0 Å². The number of aromatic nitrogens is 1. The van der Waals surface area contributed by atoms with Gasteiger partial charge in [0.05, 0.1) is 31.0 Å². The number of hydrogen-bond donors (Lipinski definition) is 0. The minimum Gasteiger partial charge on any atom is -0.381 e. The number of pyridine rings is 1. The van der Waals surface area contributed by atoms with Crippen molar-refractivity contribution in [3.63, 3.8) is 0 Å². The predicted molar refractivity (Wildman–Crippen MR) is 133 cm³/mol. The Hall–Kier alpha value is -3.46. The maximum Gasteiger partial charge on any atom is 0.148 e. The molecule has 0 spiro atoms. The standard InChI is InChI=1S/C26H24FN5OS/c1-3-21(30-4-2)16-34-26-23(12-29)24(22(11-28)25(31-26)32-13-20(27)14-32)18-7-5-17(6-8-18)19-9-10-33-15-19/h3-8,19-20H,1-2,9-10,13-16H2. The second-order valence-corrected chi connectivity index (χ2v) is 9.03. The first-order chi connectivity index (χ1) is 16.6. The molecule has 2 fully saturated rings. The van der Waals surface area contributed by atoms with Crippen LogP contribution in [0.15, 0.2) is 59.7 Å². The number of benzene rings is 1. The normalized spacial score (nSPS) is 18.1. The molecule has 6 nitrogen and oxygen atoms in total. The second kappa shape index (κ2) is 10.6. The summed E-state index contributed by atoms with van der Waals surface area (Å²) >= 11 is 1.33. The van der Waals surface area contributed by atoms with E-state index in [1.807, 2.05) is 24.3 Å². The summed E-state index contributed by atoms with van der Waals surface area (Å²) in [6.45, 7) is 9.18. The van der Waals surface area contributed by atoms with E-state index in [4.69, 9.17) is 4.74 Å².